The number of benzene rings is 2. The molecule has 0 spiro atoms. The molecule has 0 radical (unpaired) electrons. The zero-order valence-electron chi connectivity index (χ0n) is 19.0. The van der Waals surface area contributed by atoms with Crippen LogP contribution in [0.3, 0.4) is 0 Å². The first-order chi connectivity index (χ1) is 16.0. The lowest BCUT2D eigenvalue weighted by molar-refractivity contribution is -0.117. The fraction of sp³-hybridized carbons (Fsp3) is 0.308. The highest BCUT2D eigenvalue weighted by Gasteiger charge is 2.24. The summed E-state index contributed by atoms with van der Waals surface area (Å²) in [5, 5.41) is 5.38. The summed E-state index contributed by atoms with van der Waals surface area (Å²) in [5.41, 5.74) is 4.56. The lowest BCUT2D eigenvalue weighted by Gasteiger charge is -2.34. The van der Waals surface area contributed by atoms with Crippen molar-refractivity contribution in [2.24, 2.45) is 0 Å². The molecule has 1 aliphatic rings. The summed E-state index contributed by atoms with van der Waals surface area (Å²) >= 11 is 1.35. The van der Waals surface area contributed by atoms with Gasteiger partial charge in [-0.3, -0.25) is 14.6 Å². The molecule has 172 valence electrons. The van der Waals surface area contributed by atoms with Crippen molar-refractivity contribution in [3.8, 4) is 11.1 Å². The SMILES string of the molecule is COC(=O)c1c(-c2ccc(C)cc2)csc1NC(=O)CN1CCN(Cc2ccccc2)CC1. The van der Waals surface area contributed by atoms with E-state index in [0.29, 0.717) is 17.1 Å². The van der Waals surface area contributed by atoms with E-state index in [1.807, 2.05) is 42.6 Å². The number of esters is 1. The number of amides is 1. The first kappa shape index (κ1) is 23.2. The number of carbonyl (C=O) groups is 2. The largest absolute Gasteiger partial charge is 0.465 e. The van der Waals surface area contributed by atoms with E-state index in [9.17, 15) is 9.59 Å². The standard InChI is InChI=1S/C26H29N3O3S/c1-19-8-10-21(11-9-19)22-18-33-25(24(22)26(31)32-2)27-23(30)17-29-14-12-28(13-15-29)16-20-6-4-3-5-7-20/h3-11,18H,12-17H2,1-2H3,(H,27,30). The van der Waals surface area contributed by atoms with Crippen LogP contribution in [0.15, 0.2) is 60.0 Å². The van der Waals surface area contributed by atoms with Crippen LogP contribution in [0, 0.1) is 6.92 Å². The molecule has 7 heteroatoms. The van der Waals surface area contributed by atoms with Crippen LogP contribution in [0.5, 0.6) is 0 Å². The van der Waals surface area contributed by atoms with Gasteiger partial charge in [0, 0.05) is 43.7 Å². The van der Waals surface area contributed by atoms with Crippen molar-refractivity contribution in [3.05, 3.63) is 76.7 Å². The number of hydrogen-bond acceptors (Lipinski definition) is 6. The molecule has 2 aromatic carbocycles. The quantitative estimate of drug-likeness (QED) is 0.531. The molecule has 0 atom stereocenters. The van der Waals surface area contributed by atoms with E-state index in [-0.39, 0.29) is 5.91 Å². The topological polar surface area (TPSA) is 61.9 Å². The molecule has 33 heavy (non-hydrogen) atoms. The molecule has 1 aromatic heterocycles. The van der Waals surface area contributed by atoms with Gasteiger partial charge < -0.3 is 10.1 Å². The predicted molar refractivity (Wildman–Crippen MR) is 133 cm³/mol. The van der Waals surface area contributed by atoms with Crippen LogP contribution < -0.4 is 5.32 Å². The Morgan fingerprint density at radius 2 is 1.64 bits per heavy atom. The summed E-state index contributed by atoms with van der Waals surface area (Å²) in [6.45, 7) is 6.77. The molecule has 4 rings (SSSR count). The first-order valence-corrected chi connectivity index (χ1v) is 12.0. The molecule has 0 unspecified atom stereocenters. The van der Waals surface area contributed by atoms with Gasteiger partial charge in [-0.2, -0.15) is 0 Å². The van der Waals surface area contributed by atoms with E-state index < -0.39 is 5.97 Å². The minimum atomic E-state index is -0.448. The number of nitrogens with one attached hydrogen (secondary N) is 1. The molecule has 1 saturated heterocycles. The van der Waals surface area contributed by atoms with Gasteiger partial charge in [0.2, 0.25) is 5.91 Å². The van der Waals surface area contributed by atoms with Crippen molar-refractivity contribution in [2.75, 3.05) is 45.2 Å². The molecule has 2 heterocycles. The Morgan fingerprint density at radius 3 is 2.30 bits per heavy atom. The van der Waals surface area contributed by atoms with Gasteiger partial charge in [-0.05, 0) is 18.1 Å². The Bertz CT molecular complexity index is 1090. The van der Waals surface area contributed by atoms with E-state index in [0.717, 1.165) is 49.4 Å². The highest BCUT2D eigenvalue weighted by atomic mass is 32.1. The molecular weight excluding hydrogens is 434 g/mol. The molecule has 1 fully saturated rings. The summed E-state index contributed by atoms with van der Waals surface area (Å²) in [4.78, 5) is 29.9. The summed E-state index contributed by atoms with van der Waals surface area (Å²) in [7, 11) is 1.36. The highest BCUT2D eigenvalue weighted by molar-refractivity contribution is 7.15. The second-order valence-electron chi connectivity index (χ2n) is 8.30. The summed E-state index contributed by atoms with van der Waals surface area (Å²) in [6.07, 6.45) is 0. The third kappa shape index (κ3) is 5.87. The van der Waals surface area contributed by atoms with Crippen LogP contribution in [0.25, 0.3) is 11.1 Å². The fourth-order valence-electron chi connectivity index (χ4n) is 4.02. The Labute approximate surface area is 198 Å². The van der Waals surface area contributed by atoms with Crippen LogP contribution in [0.4, 0.5) is 5.00 Å². The van der Waals surface area contributed by atoms with Crippen molar-refractivity contribution in [1.82, 2.24) is 9.80 Å². The van der Waals surface area contributed by atoms with Gasteiger partial charge in [-0.15, -0.1) is 11.3 Å². The Balaban J connectivity index is 1.37. The molecule has 6 nitrogen and oxygen atoms in total. The van der Waals surface area contributed by atoms with Crippen LogP contribution in [0.2, 0.25) is 0 Å². The number of rotatable bonds is 7. The molecule has 1 N–H and O–H groups in total. The maximum absolute atomic E-state index is 12.8. The molecule has 3 aromatic rings. The summed E-state index contributed by atoms with van der Waals surface area (Å²) in [6, 6.07) is 18.4. The smallest absolute Gasteiger partial charge is 0.341 e. The Hall–Kier alpha value is -3.00. The van der Waals surface area contributed by atoms with E-state index in [2.05, 4.69) is 39.4 Å². The number of methoxy groups -OCH3 is 1. The average Bonchev–Trinajstić information content (AvgIpc) is 3.24. The third-order valence-corrected chi connectivity index (χ3v) is 6.77. The van der Waals surface area contributed by atoms with Gasteiger partial charge in [0.05, 0.1) is 13.7 Å². The number of hydrogen-bond donors (Lipinski definition) is 1. The zero-order chi connectivity index (χ0) is 23.2. The summed E-state index contributed by atoms with van der Waals surface area (Å²) < 4.78 is 5.01. The van der Waals surface area contributed by atoms with E-state index in [4.69, 9.17) is 4.74 Å². The van der Waals surface area contributed by atoms with Crippen LogP contribution in [-0.4, -0.2) is 61.5 Å². The molecule has 0 saturated carbocycles. The van der Waals surface area contributed by atoms with Gasteiger partial charge >= 0.3 is 5.97 Å². The first-order valence-electron chi connectivity index (χ1n) is 11.1. The highest BCUT2D eigenvalue weighted by Crippen LogP contribution is 2.36. The van der Waals surface area contributed by atoms with Gasteiger partial charge in [-0.1, -0.05) is 60.2 Å². The minimum absolute atomic E-state index is 0.117. The lowest BCUT2D eigenvalue weighted by atomic mass is 10.0. The van der Waals surface area contributed by atoms with Crippen LogP contribution in [-0.2, 0) is 16.1 Å². The zero-order valence-corrected chi connectivity index (χ0v) is 19.9. The van der Waals surface area contributed by atoms with Gasteiger partial charge in [0.25, 0.3) is 0 Å². The van der Waals surface area contributed by atoms with Crippen LogP contribution in [0.1, 0.15) is 21.5 Å². The van der Waals surface area contributed by atoms with E-state index in [1.54, 1.807) is 0 Å². The second kappa shape index (κ2) is 10.7. The normalized spacial score (nSPS) is 14.7. The number of nitrogens with zero attached hydrogens (tertiary/aromatic N) is 2. The number of aryl methyl sites for hydroxylation is 1. The van der Waals surface area contributed by atoms with Crippen molar-refractivity contribution < 1.29 is 14.3 Å². The number of anilines is 1. The van der Waals surface area contributed by atoms with E-state index >= 15 is 0 Å². The maximum atomic E-state index is 12.8. The predicted octanol–water partition coefficient (Wildman–Crippen LogP) is 4.27. The van der Waals surface area contributed by atoms with Crippen LogP contribution >= 0.6 is 11.3 Å². The van der Waals surface area contributed by atoms with Gasteiger partial charge in [0.15, 0.2) is 0 Å². The Morgan fingerprint density at radius 1 is 0.970 bits per heavy atom. The maximum Gasteiger partial charge on any atom is 0.341 e. The minimum Gasteiger partial charge on any atom is -0.465 e. The summed E-state index contributed by atoms with van der Waals surface area (Å²) in [5.74, 6) is -0.564. The molecule has 0 aliphatic carbocycles. The fourth-order valence-corrected chi connectivity index (χ4v) is 4.99. The Kier molecular flexibility index (Phi) is 7.54. The van der Waals surface area contributed by atoms with Crippen molar-refractivity contribution in [3.63, 3.8) is 0 Å². The number of piperazine rings is 1. The van der Waals surface area contributed by atoms with Crippen molar-refractivity contribution in [2.45, 2.75) is 13.5 Å². The lowest BCUT2D eigenvalue weighted by Crippen LogP contribution is -2.48. The van der Waals surface area contributed by atoms with Crippen molar-refractivity contribution >= 4 is 28.2 Å². The average molecular weight is 464 g/mol. The number of carbonyl (C=O) groups excluding carboxylic acids is 2. The number of thiophene rings is 1. The molecular formula is C26H29N3O3S. The van der Waals surface area contributed by atoms with Gasteiger partial charge in [0.1, 0.15) is 10.6 Å². The number of ether oxygens (including phenoxy) is 1. The molecule has 1 aliphatic heterocycles. The van der Waals surface area contributed by atoms with E-state index in [1.165, 1.54) is 24.0 Å². The third-order valence-electron chi connectivity index (χ3n) is 5.88. The molecule has 0 bridgehead atoms. The monoisotopic (exact) mass is 463 g/mol. The second-order valence-corrected chi connectivity index (χ2v) is 9.18. The van der Waals surface area contributed by atoms with Gasteiger partial charge in [-0.25, -0.2) is 4.79 Å². The van der Waals surface area contributed by atoms with Crippen molar-refractivity contribution in [1.29, 1.82) is 0 Å². The molecule has 1 amide bonds.